The van der Waals surface area contributed by atoms with Crippen LogP contribution in [-0.2, 0) is 0 Å². The van der Waals surface area contributed by atoms with Crippen LogP contribution in [0.3, 0.4) is 0 Å². The Morgan fingerprint density at radius 3 is 2.91 bits per heavy atom. The van der Waals surface area contributed by atoms with Gasteiger partial charge in [0.1, 0.15) is 0 Å². The van der Waals surface area contributed by atoms with E-state index in [2.05, 4.69) is 17.5 Å². The maximum absolute atomic E-state index is 8.41. The average molecular weight is 150 g/mol. The van der Waals surface area contributed by atoms with Gasteiger partial charge in [-0.15, -0.1) is 0 Å². The molecule has 1 fully saturated rings. The summed E-state index contributed by atoms with van der Waals surface area (Å²) in [6.07, 6.45) is 0.557. The van der Waals surface area contributed by atoms with Crippen molar-refractivity contribution in [1.29, 1.82) is 10.5 Å². The van der Waals surface area contributed by atoms with Gasteiger partial charge >= 0.3 is 0 Å². The van der Waals surface area contributed by atoms with Gasteiger partial charge in [-0.25, -0.2) is 0 Å². The quantitative estimate of drug-likeness (QED) is 0.547. The van der Waals surface area contributed by atoms with Crippen LogP contribution in [0.25, 0.3) is 0 Å². The monoisotopic (exact) mass is 150 g/mol. The molecule has 4 nitrogen and oxygen atoms in total. The molecule has 0 saturated carbocycles. The zero-order valence-electron chi connectivity index (χ0n) is 6.25. The molecular formula is C7H10N4. The lowest BCUT2D eigenvalue weighted by molar-refractivity contribution is 0.273. The van der Waals surface area contributed by atoms with E-state index in [4.69, 9.17) is 10.5 Å². The van der Waals surface area contributed by atoms with E-state index in [1.807, 2.05) is 4.90 Å². The summed E-state index contributed by atoms with van der Waals surface area (Å²) in [5.41, 5.74) is 0. The van der Waals surface area contributed by atoms with Crippen LogP contribution in [0.2, 0.25) is 0 Å². The molecule has 1 atom stereocenters. The van der Waals surface area contributed by atoms with Gasteiger partial charge in [0, 0.05) is 13.1 Å². The first-order chi connectivity index (χ1) is 5.38. The number of rotatable bonds is 2. The summed E-state index contributed by atoms with van der Waals surface area (Å²) in [5, 5.41) is 20.0. The molecule has 0 spiro atoms. The predicted molar refractivity (Wildman–Crippen MR) is 39.2 cm³/mol. The molecule has 11 heavy (non-hydrogen) atoms. The Bertz CT molecular complexity index is 177. The highest BCUT2D eigenvalue weighted by molar-refractivity contribution is 4.90. The molecule has 0 aromatic carbocycles. The Kier molecular flexibility index (Phi) is 2.85. The average Bonchev–Trinajstić information content (AvgIpc) is 2.39. The molecule has 1 rings (SSSR count). The summed E-state index contributed by atoms with van der Waals surface area (Å²) < 4.78 is 0. The predicted octanol–water partition coefficient (Wildman–Crippen LogP) is -0.345. The zero-order valence-corrected chi connectivity index (χ0v) is 6.25. The molecule has 0 radical (unpaired) electrons. The third-order valence-electron chi connectivity index (χ3n) is 1.78. The minimum atomic E-state index is 0.0969. The van der Waals surface area contributed by atoms with Crippen molar-refractivity contribution in [3.05, 3.63) is 0 Å². The van der Waals surface area contributed by atoms with E-state index in [0.717, 1.165) is 13.1 Å². The Balaban J connectivity index is 2.40. The highest BCUT2D eigenvalue weighted by Crippen LogP contribution is 2.04. The van der Waals surface area contributed by atoms with Crippen LogP contribution >= 0.6 is 0 Å². The molecule has 4 heteroatoms. The molecule has 1 aliphatic rings. The molecule has 1 saturated heterocycles. The lowest BCUT2D eigenvalue weighted by Crippen LogP contribution is -2.35. The molecule has 1 aliphatic heterocycles. The number of nitriles is 2. The SMILES string of the molecule is N#CCC1NCCN1CC#N. The van der Waals surface area contributed by atoms with Crippen molar-refractivity contribution in [2.45, 2.75) is 12.6 Å². The maximum atomic E-state index is 8.41. The molecule has 1 N–H and O–H groups in total. The van der Waals surface area contributed by atoms with Crippen molar-refractivity contribution in [2.24, 2.45) is 0 Å². The molecular weight excluding hydrogens is 140 g/mol. The third kappa shape index (κ3) is 1.91. The Morgan fingerprint density at radius 1 is 1.45 bits per heavy atom. The molecule has 58 valence electrons. The fourth-order valence-corrected chi connectivity index (χ4v) is 1.23. The highest BCUT2D eigenvalue weighted by Gasteiger charge is 2.22. The zero-order chi connectivity index (χ0) is 8.10. The van der Waals surface area contributed by atoms with Gasteiger partial charge in [0.25, 0.3) is 0 Å². The smallest absolute Gasteiger partial charge is 0.0878 e. The van der Waals surface area contributed by atoms with Crippen LogP contribution in [0, 0.1) is 22.7 Å². The van der Waals surface area contributed by atoms with Gasteiger partial charge in [-0.05, 0) is 0 Å². The van der Waals surface area contributed by atoms with Crippen LogP contribution in [0.1, 0.15) is 6.42 Å². The summed E-state index contributed by atoms with van der Waals surface area (Å²) >= 11 is 0. The number of nitrogens with zero attached hydrogens (tertiary/aromatic N) is 3. The van der Waals surface area contributed by atoms with Crippen molar-refractivity contribution >= 4 is 0 Å². The normalized spacial score (nSPS) is 24.4. The molecule has 1 heterocycles. The van der Waals surface area contributed by atoms with Crippen LogP contribution in [0.4, 0.5) is 0 Å². The van der Waals surface area contributed by atoms with Crippen LogP contribution < -0.4 is 5.32 Å². The van der Waals surface area contributed by atoms with E-state index >= 15 is 0 Å². The van der Waals surface area contributed by atoms with Crippen molar-refractivity contribution in [2.75, 3.05) is 19.6 Å². The molecule has 1 unspecified atom stereocenters. The Morgan fingerprint density at radius 2 is 2.27 bits per heavy atom. The lowest BCUT2D eigenvalue weighted by Gasteiger charge is -2.17. The van der Waals surface area contributed by atoms with Crippen LogP contribution in [-0.4, -0.2) is 30.7 Å². The van der Waals surface area contributed by atoms with Gasteiger partial charge in [-0.1, -0.05) is 0 Å². The Hall–Kier alpha value is -1.10. The summed E-state index contributed by atoms with van der Waals surface area (Å²) in [7, 11) is 0. The van der Waals surface area contributed by atoms with Gasteiger partial charge in [0.05, 0.1) is 31.3 Å². The van der Waals surface area contributed by atoms with Gasteiger partial charge in [-0.2, -0.15) is 10.5 Å². The second-order valence-corrected chi connectivity index (χ2v) is 2.46. The van der Waals surface area contributed by atoms with Gasteiger partial charge < -0.3 is 0 Å². The van der Waals surface area contributed by atoms with E-state index in [1.165, 1.54) is 0 Å². The minimum absolute atomic E-state index is 0.0969. The van der Waals surface area contributed by atoms with Gasteiger partial charge in [0.15, 0.2) is 0 Å². The van der Waals surface area contributed by atoms with Crippen LogP contribution in [0.5, 0.6) is 0 Å². The first-order valence-corrected chi connectivity index (χ1v) is 3.60. The second-order valence-electron chi connectivity index (χ2n) is 2.46. The maximum Gasteiger partial charge on any atom is 0.0878 e. The van der Waals surface area contributed by atoms with E-state index in [0.29, 0.717) is 13.0 Å². The fraction of sp³-hybridized carbons (Fsp3) is 0.714. The largest absolute Gasteiger partial charge is 0.300 e. The standard InChI is InChI=1S/C7H10N4/c8-2-1-7-10-4-6-11(7)5-3-9/h7,10H,1,4-6H2. The summed E-state index contributed by atoms with van der Waals surface area (Å²) in [6.45, 7) is 2.17. The van der Waals surface area contributed by atoms with Crippen LogP contribution in [0.15, 0.2) is 0 Å². The van der Waals surface area contributed by atoms with E-state index in [1.54, 1.807) is 0 Å². The van der Waals surface area contributed by atoms with Crippen molar-refractivity contribution < 1.29 is 0 Å². The van der Waals surface area contributed by atoms with E-state index in [-0.39, 0.29) is 6.17 Å². The van der Waals surface area contributed by atoms with Crippen molar-refractivity contribution in [3.8, 4) is 12.1 Å². The fourth-order valence-electron chi connectivity index (χ4n) is 1.23. The van der Waals surface area contributed by atoms with Crippen molar-refractivity contribution in [1.82, 2.24) is 10.2 Å². The molecule has 0 bridgehead atoms. The van der Waals surface area contributed by atoms with Gasteiger partial charge in [0.2, 0.25) is 0 Å². The summed E-state index contributed by atoms with van der Waals surface area (Å²) in [4.78, 5) is 1.98. The molecule has 0 aliphatic carbocycles. The molecule has 0 aromatic heterocycles. The van der Waals surface area contributed by atoms with Crippen molar-refractivity contribution in [3.63, 3.8) is 0 Å². The number of nitrogens with one attached hydrogen (secondary N) is 1. The number of hydrogen-bond acceptors (Lipinski definition) is 4. The Labute approximate surface area is 66.0 Å². The van der Waals surface area contributed by atoms with Gasteiger partial charge in [-0.3, -0.25) is 10.2 Å². The first-order valence-electron chi connectivity index (χ1n) is 3.60. The van der Waals surface area contributed by atoms with E-state index in [9.17, 15) is 0 Å². The summed E-state index contributed by atoms with van der Waals surface area (Å²) in [5.74, 6) is 0. The number of hydrogen-bond donors (Lipinski definition) is 1. The topological polar surface area (TPSA) is 62.9 Å². The molecule has 0 aromatic rings. The highest BCUT2D eigenvalue weighted by atomic mass is 15.3. The minimum Gasteiger partial charge on any atom is -0.300 e. The van der Waals surface area contributed by atoms with E-state index < -0.39 is 0 Å². The summed E-state index contributed by atoms with van der Waals surface area (Å²) in [6, 6.07) is 4.16. The third-order valence-corrected chi connectivity index (χ3v) is 1.78. The second kappa shape index (κ2) is 3.92. The lowest BCUT2D eigenvalue weighted by atomic mass is 10.3. The molecule has 0 amide bonds. The first kappa shape index (κ1) is 8.00.